The molecule has 142 valence electrons. The minimum Gasteiger partial charge on any atom is -0.316 e. The molecule has 0 spiro atoms. The van der Waals surface area contributed by atoms with Gasteiger partial charge in [0.1, 0.15) is 0 Å². The van der Waals surface area contributed by atoms with Crippen LogP contribution in [0.15, 0.2) is 90.2 Å². The van der Waals surface area contributed by atoms with Crippen molar-refractivity contribution in [3.63, 3.8) is 0 Å². The Kier molecular flexibility index (Phi) is 4.86. The molecule has 0 fully saturated rings. The quantitative estimate of drug-likeness (QED) is 0.316. The van der Waals surface area contributed by atoms with Crippen molar-refractivity contribution in [1.29, 1.82) is 0 Å². The standard InChI is InChI=1S/C22H16N4O3/c27-22(18-7-3-8-20(14-18)26(28)29)24-23-15-21-9-4-12-25(21)19-11-10-16-5-1-2-6-17(16)13-19/h1-15H,(H,24,27)/b23-15+. The van der Waals surface area contributed by atoms with E-state index < -0.39 is 10.8 Å². The van der Waals surface area contributed by atoms with Gasteiger partial charge in [-0.2, -0.15) is 5.10 Å². The number of benzene rings is 3. The Morgan fingerprint density at radius 3 is 2.62 bits per heavy atom. The molecule has 0 aliphatic carbocycles. The number of carbonyl (C=O) groups is 1. The Balaban J connectivity index is 1.52. The number of nitro groups is 1. The van der Waals surface area contributed by atoms with Gasteiger partial charge in [-0.05, 0) is 41.1 Å². The van der Waals surface area contributed by atoms with E-state index in [0.29, 0.717) is 0 Å². The topological polar surface area (TPSA) is 89.5 Å². The molecule has 4 rings (SSSR count). The first-order valence-electron chi connectivity index (χ1n) is 8.86. The number of nitrogens with one attached hydrogen (secondary N) is 1. The van der Waals surface area contributed by atoms with E-state index in [4.69, 9.17) is 0 Å². The van der Waals surface area contributed by atoms with Crippen molar-refractivity contribution in [2.45, 2.75) is 0 Å². The van der Waals surface area contributed by atoms with E-state index in [9.17, 15) is 14.9 Å². The van der Waals surface area contributed by atoms with Crippen LogP contribution in [-0.2, 0) is 0 Å². The molecule has 4 aromatic rings. The number of nitro benzene ring substituents is 1. The number of non-ortho nitro benzene ring substituents is 1. The van der Waals surface area contributed by atoms with Crippen LogP contribution in [0.3, 0.4) is 0 Å². The maximum absolute atomic E-state index is 12.2. The number of hydrogen-bond donors (Lipinski definition) is 1. The van der Waals surface area contributed by atoms with Crippen LogP contribution >= 0.6 is 0 Å². The van der Waals surface area contributed by atoms with Crippen molar-refractivity contribution in [2.24, 2.45) is 5.10 Å². The zero-order valence-electron chi connectivity index (χ0n) is 15.2. The number of hydrazone groups is 1. The monoisotopic (exact) mass is 384 g/mol. The van der Waals surface area contributed by atoms with E-state index >= 15 is 0 Å². The SMILES string of the molecule is O=C(N/N=C/c1cccn1-c1ccc2ccccc2c1)c1cccc([N+](=O)[O-])c1. The number of fused-ring (bicyclic) bond motifs is 1. The molecule has 0 saturated carbocycles. The van der Waals surface area contributed by atoms with Crippen LogP contribution in [0.4, 0.5) is 5.69 Å². The molecule has 3 aromatic carbocycles. The lowest BCUT2D eigenvalue weighted by Gasteiger charge is -2.08. The Bertz CT molecular complexity index is 1240. The maximum atomic E-state index is 12.2. The van der Waals surface area contributed by atoms with Crippen LogP contribution in [0.25, 0.3) is 16.5 Å². The molecule has 1 amide bonds. The van der Waals surface area contributed by atoms with E-state index in [1.165, 1.54) is 30.5 Å². The summed E-state index contributed by atoms with van der Waals surface area (Å²) in [5.74, 6) is -0.520. The van der Waals surface area contributed by atoms with Crippen LogP contribution < -0.4 is 5.43 Å². The number of amides is 1. The molecular weight excluding hydrogens is 368 g/mol. The number of hydrogen-bond acceptors (Lipinski definition) is 4. The van der Waals surface area contributed by atoms with E-state index in [-0.39, 0.29) is 11.3 Å². The maximum Gasteiger partial charge on any atom is 0.271 e. The summed E-state index contributed by atoms with van der Waals surface area (Å²) in [5.41, 5.74) is 4.18. The van der Waals surface area contributed by atoms with Gasteiger partial charge in [0.2, 0.25) is 0 Å². The van der Waals surface area contributed by atoms with Crippen LogP contribution in [-0.4, -0.2) is 21.6 Å². The first-order valence-corrected chi connectivity index (χ1v) is 8.86. The van der Waals surface area contributed by atoms with Gasteiger partial charge in [0.05, 0.1) is 16.8 Å². The molecule has 29 heavy (non-hydrogen) atoms. The lowest BCUT2D eigenvalue weighted by atomic mass is 10.1. The highest BCUT2D eigenvalue weighted by Crippen LogP contribution is 2.19. The number of aromatic nitrogens is 1. The number of rotatable bonds is 5. The van der Waals surface area contributed by atoms with Crippen molar-refractivity contribution in [3.05, 3.63) is 106 Å². The molecular formula is C22H16N4O3. The third-order valence-electron chi connectivity index (χ3n) is 4.47. The molecule has 1 aromatic heterocycles. The van der Waals surface area contributed by atoms with Gasteiger partial charge in [0, 0.05) is 29.6 Å². The zero-order chi connectivity index (χ0) is 20.2. The first-order chi connectivity index (χ1) is 14.1. The van der Waals surface area contributed by atoms with Gasteiger partial charge in [0.15, 0.2) is 0 Å². The molecule has 0 aliphatic rings. The van der Waals surface area contributed by atoms with E-state index in [1.54, 1.807) is 0 Å². The second kappa shape index (κ2) is 7.77. The summed E-state index contributed by atoms with van der Waals surface area (Å²) in [6.45, 7) is 0. The minimum absolute atomic E-state index is 0.146. The zero-order valence-corrected chi connectivity index (χ0v) is 15.2. The van der Waals surface area contributed by atoms with Crippen molar-refractivity contribution in [3.8, 4) is 5.69 Å². The van der Waals surface area contributed by atoms with Gasteiger partial charge < -0.3 is 4.57 Å². The predicted octanol–water partition coefficient (Wildman–Crippen LogP) is 4.30. The van der Waals surface area contributed by atoms with Gasteiger partial charge >= 0.3 is 0 Å². The van der Waals surface area contributed by atoms with E-state index in [1.807, 2.05) is 41.1 Å². The molecule has 0 bridgehead atoms. The Morgan fingerprint density at radius 1 is 0.966 bits per heavy atom. The molecule has 0 aliphatic heterocycles. The second-order valence-corrected chi connectivity index (χ2v) is 6.34. The molecule has 0 unspecified atom stereocenters. The smallest absolute Gasteiger partial charge is 0.271 e. The fourth-order valence-electron chi connectivity index (χ4n) is 3.04. The highest BCUT2D eigenvalue weighted by molar-refractivity contribution is 5.95. The highest BCUT2D eigenvalue weighted by Gasteiger charge is 2.10. The normalized spacial score (nSPS) is 11.0. The minimum atomic E-state index is -0.545. The fraction of sp³-hybridized carbons (Fsp3) is 0. The van der Waals surface area contributed by atoms with Gasteiger partial charge in [-0.15, -0.1) is 0 Å². The predicted molar refractivity (Wildman–Crippen MR) is 111 cm³/mol. The molecule has 0 atom stereocenters. The van der Waals surface area contributed by atoms with E-state index in [0.717, 1.165) is 22.2 Å². The van der Waals surface area contributed by atoms with Crippen LogP contribution in [0.5, 0.6) is 0 Å². The first kappa shape index (κ1) is 18.1. The average molecular weight is 384 g/mol. The highest BCUT2D eigenvalue weighted by atomic mass is 16.6. The Labute approximate surface area is 166 Å². The van der Waals surface area contributed by atoms with Crippen LogP contribution in [0.2, 0.25) is 0 Å². The van der Waals surface area contributed by atoms with Crippen molar-refractivity contribution >= 4 is 28.6 Å². The molecule has 1 heterocycles. The largest absolute Gasteiger partial charge is 0.316 e. The van der Waals surface area contributed by atoms with Crippen LogP contribution in [0.1, 0.15) is 16.1 Å². The van der Waals surface area contributed by atoms with Crippen molar-refractivity contribution in [1.82, 2.24) is 9.99 Å². The second-order valence-electron chi connectivity index (χ2n) is 6.34. The summed E-state index contributed by atoms with van der Waals surface area (Å²) in [7, 11) is 0. The summed E-state index contributed by atoms with van der Waals surface area (Å²) in [6, 6.07) is 23.5. The van der Waals surface area contributed by atoms with Gasteiger partial charge in [-0.25, -0.2) is 5.43 Å². The molecule has 7 heteroatoms. The summed E-state index contributed by atoms with van der Waals surface area (Å²) in [6.07, 6.45) is 3.44. The lowest BCUT2D eigenvalue weighted by molar-refractivity contribution is -0.384. The number of carbonyl (C=O) groups excluding carboxylic acids is 1. The lowest BCUT2D eigenvalue weighted by Crippen LogP contribution is -2.18. The van der Waals surface area contributed by atoms with Gasteiger partial charge in [0.25, 0.3) is 11.6 Å². The third-order valence-corrected chi connectivity index (χ3v) is 4.47. The summed E-state index contributed by atoms with van der Waals surface area (Å²) < 4.78 is 1.95. The molecule has 0 radical (unpaired) electrons. The summed E-state index contributed by atoms with van der Waals surface area (Å²) in [5, 5.41) is 17.1. The summed E-state index contributed by atoms with van der Waals surface area (Å²) in [4.78, 5) is 22.5. The Morgan fingerprint density at radius 2 is 1.79 bits per heavy atom. The van der Waals surface area contributed by atoms with Gasteiger partial charge in [-0.1, -0.05) is 36.4 Å². The molecule has 7 nitrogen and oxygen atoms in total. The third kappa shape index (κ3) is 3.89. The van der Waals surface area contributed by atoms with Gasteiger partial charge in [-0.3, -0.25) is 14.9 Å². The molecule has 0 saturated heterocycles. The van der Waals surface area contributed by atoms with Crippen molar-refractivity contribution in [2.75, 3.05) is 0 Å². The fourth-order valence-corrected chi connectivity index (χ4v) is 3.04. The van der Waals surface area contributed by atoms with E-state index in [2.05, 4.69) is 34.8 Å². The van der Waals surface area contributed by atoms with Crippen LogP contribution in [0, 0.1) is 10.1 Å². The average Bonchev–Trinajstić information content (AvgIpc) is 3.22. The summed E-state index contributed by atoms with van der Waals surface area (Å²) >= 11 is 0. The van der Waals surface area contributed by atoms with Crippen molar-refractivity contribution < 1.29 is 9.72 Å². The molecule has 1 N–H and O–H groups in total. The number of nitrogens with zero attached hydrogens (tertiary/aromatic N) is 3. The Hall–Kier alpha value is -4.26.